The normalized spacial score (nSPS) is 17.9. The van der Waals surface area contributed by atoms with Crippen LogP contribution >= 0.6 is 0 Å². The van der Waals surface area contributed by atoms with Gasteiger partial charge in [0.05, 0.1) is 42.9 Å². The zero-order valence-corrected chi connectivity index (χ0v) is 22.7. The maximum Gasteiger partial charge on any atom is 0.256 e. The lowest BCUT2D eigenvalue weighted by Gasteiger charge is -2.36. The fourth-order valence-electron chi connectivity index (χ4n) is 4.97. The summed E-state index contributed by atoms with van der Waals surface area (Å²) in [4.78, 5) is 32.6. The number of morpholine rings is 2. The van der Waals surface area contributed by atoms with Crippen molar-refractivity contribution < 1.29 is 27.8 Å². The number of ether oxygens (including phenoxy) is 2. The minimum atomic E-state index is -0.550. The van der Waals surface area contributed by atoms with Gasteiger partial charge in [-0.3, -0.25) is 9.59 Å². The molecule has 0 bridgehead atoms. The number of rotatable bonds is 6. The van der Waals surface area contributed by atoms with E-state index in [9.17, 15) is 14.0 Å². The molecular formula is C28H36F2N4O4. The summed E-state index contributed by atoms with van der Waals surface area (Å²) in [6, 6.07) is 6.45. The van der Waals surface area contributed by atoms with Crippen LogP contribution in [0.3, 0.4) is 0 Å². The number of carbonyl (C=O) groups is 2. The van der Waals surface area contributed by atoms with E-state index in [4.69, 9.17) is 9.47 Å². The van der Waals surface area contributed by atoms with E-state index in [2.05, 4.69) is 0 Å². The molecule has 38 heavy (non-hydrogen) atoms. The van der Waals surface area contributed by atoms with Crippen molar-refractivity contribution in [3.63, 3.8) is 0 Å². The first-order valence-electron chi connectivity index (χ1n) is 12.8. The van der Waals surface area contributed by atoms with Gasteiger partial charge in [-0.15, -0.1) is 0 Å². The van der Waals surface area contributed by atoms with Gasteiger partial charge in [0, 0.05) is 59.4 Å². The highest BCUT2D eigenvalue weighted by Gasteiger charge is 2.29. The third kappa shape index (κ3) is 5.76. The second kappa shape index (κ2) is 11.7. The van der Waals surface area contributed by atoms with Gasteiger partial charge >= 0.3 is 0 Å². The van der Waals surface area contributed by atoms with Gasteiger partial charge in [-0.2, -0.15) is 0 Å². The molecular weight excluding hydrogens is 494 g/mol. The fourth-order valence-corrected chi connectivity index (χ4v) is 4.97. The van der Waals surface area contributed by atoms with Crippen LogP contribution in [-0.4, -0.2) is 101 Å². The number of hydrogen-bond donors (Lipinski definition) is 0. The Morgan fingerprint density at radius 2 is 1.61 bits per heavy atom. The van der Waals surface area contributed by atoms with E-state index in [1.807, 2.05) is 9.80 Å². The molecule has 206 valence electrons. The van der Waals surface area contributed by atoms with Gasteiger partial charge in [-0.1, -0.05) is 6.07 Å². The van der Waals surface area contributed by atoms with Crippen LogP contribution in [0.25, 0.3) is 0 Å². The lowest BCUT2D eigenvalue weighted by atomic mass is 10.0. The Labute approximate surface area is 222 Å². The number of carbonyl (C=O) groups excluding carboxylic acids is 2. The zero-order valence-electron chi connectivity index (χ0n) is 22.7. The lowest BCUT2D eigenvalue weighted by molar-refractivity contribution is 0.0194. The first-order chi connectivity index (χ1) is 18.1. The van der Waals surface area contributed by atoms with E-state index in [0.717, 1.165) is 0 Å². The van der Waals surface area contributed by atoms with Gasteiger partial charge in [-0.25, -0.2) is 8.78 Å². The van der Waals surface area contributed by atoms with E-state index >= 15 is 4.39 Å². The van der Waals surface area contributed by atoms with Crippen molar-refractivity contribution in [3.05, 3.63) is 58.2 Å². The third-order valence-electron chi connectivity index (χ3n) is 7.13. The predicted molar refractivity (Wildman–Crippen MR) is 142 cm³/mol. The van der Waals surface area contributed by atoms with Crippen LogP contribution in [0.15, 0.2) is 24.3 Å². The molecule has 1 atom stereocenters. The summed E-state index contributed by atoms with van der Waals surface area (Å²) < 4.78 is 41.5. The molecule has 1 unspecified atom stereocenters. The maximum atomic E-state index is 15.5. The summed E-state index contributed by atoms with van der Waals surface area (Å²) in [5.74, 6) is -1.53. The molecule has 2 aromatic carbocycles. The van der Waals surface area contributed by atoms with Crippen molar-refractivity contribution in [1.82, 2.24) is 9.80 Å². The Balaban J connectivity index is 1.49. The first-order valence-corrected chi connectivity index (χ1v) is 12.8. The summed E-state index contributed by atoms with van der Waals surface area (Å²) in [6.07, 6.45) is -0.370. The number of hydrogen-bond acceptors (Lipinski definition) is 6. The average molecular weight is 531 g/mol. The van der Waals surface area contributed by atoms with E-state index < -0.39 is 5.82 Å². The minimum Gasteiger partial charge on any atom is -0.378 e. The largest absolute Gasteiger partial charge is 0.378 e. The second-order valence-electron chi connectivity index (χ2n) is 10.1. The van der Waals surface area contributed by atoms with Crippen LogP contribution < -0.4 is 9.80 Å². The first kappa shape index (κ1) is 27.8. The molecule has 2 saturated heterocycles. The molecule has 10 heteroatoms. The van der Waals surface area contributed by atoms with Gasteiger partial charge in [0.2, 0.25) is 0 Å². The molecule has 0 saturated carbocycles. The maximum absolute atomic E-state index is 15.5. The Bertz CT molecular complexity index is 1200. The van der Waals surface area contributed by atoms with E-state index in [1.54, 1.807) is 58.1 Å². The van der Waals surface area contributed by atoms with Crippen molar-refractivity contribution in [3.8, 4) is 0 Å². The molecule has 2 fully saturated rings. The minimum absolute atomic E-state index is 0.0608. The Morgan fingerprint density at radius 1 is 0.921 bits per heavy atom. The van der Waals surface area contributed by atoms with Crippen molar-refractivity contribution in [2.45, 2.75) is 20.0 Å². The van der Waals surface area contributed by atoms with E-state index in [0.29, 0.717) is 74.1 Å². The fraction of sp³-hybridized carbons (Fsp3) is 0.500. The highest BCUT2D eigenvalue weighted by atomic mass is 19.1. The van der Waals surface area contributed by atoms with Crippen molar-refractivity contribution in [2.75, 3.05) is 83.5 Å². The summed E-state index contributed by atoms with van der Waals surface area (Å²) >= 11 is 0. The number of aryl methyl sites for hydroxylation is 2. The Hall–Kier alpha value is -3.24. The molecule has 0 radical (unpaired) electrons. The molecule has 8 nitrogen and oxygen atoms in total. The quantitative estimate of drug-likeness (QED) is 0.572. The average Bonchev–Trinajstić information content (AvgIpc) is 2.89. The van der Waals surface area contributed by atoms with Crippen LogP contribution in [0, 0.1) is 25.5 Å². The monoisotopic (exact) mass is 530 g/mol. The number of nitrogens with zero attached hydrogens (tertiary/aromatic N) is 4. The number of benzene rings is 2. The molecule has 0 spiro atoms. The molecule has 2 aliphatic rings. The summed E-state index contributed by atoms with van der Waals surface area (Å²) in [6.45, 7) is 7.03. The van der Waals surface area contributed by atoms with Crippen LogP contribution in [-0.2, 0) is 9.47 Å². The smallest absolute Gasteiger partial charge is 0.256 e. The van der Waals surface area contributed by atoms with Gasteiger partial charge in [-0.05, 0) is 43.2 Å². The standard InChI is InChI=1S/C28H36F2N4O4/c1-18-6-7-23(26(30)25(18)28(36)31(3)4)34-10-13-38-20(17-34)16-32(5)27(35)21-15-24(22(29)14-19(21)2)33-8-11-37-12-9-33/h6-7,14-15,20H,8-13,16-17H2,1-5H3. The Kier molecular flexibility index (Phi) is 8.52. The summed E-state index contributed by atoms with van der Waals surface area (Å²) in [5, 5.41) is 0. The topological polar surface area (TPSA) is 65.6 Å². The number of anilines is 2. The molecule has 0 aromatic heterocycles. The molecule has 4 rings (SSSR count). The number of amides is 2. The second-order valence-corrected chi connectivity index (χ2v) is 10.1. The van der Waals surface area contributed by atoms with Crippen molar-refractivity contribution in [1.29, 1.82) is 0 Å². The number of likely N-dealkylation sites (N-methyl/N-ethyl adjacent to an activating group) is 1. The molecule has 0 aliphatic carbocycles. The zero-order chi connectivity index (χ0) is 27.6. The molecule has 2 aromatic rings. The van der Waals surface area contributed by atoms with E-state index in [1.165, 1.54) is 11.0 Å². The van der Waals surface area contributed by atoms with Gasteiger partial charge < -0.3 is 29.1 Å². The van der Waals surface area contributed by atoms with Gasteiger partial charge in [0.25, 0.3) is 11.8 Å². The summed E-state index contributed by atoms with van der Waals surface area (Å²) in [5.41, 5.74) is 2.36. The summed E-state index contributed by atoms with van der Waals surface area (Å²) in [7, 11) is 4.87. The highest BCUT2D eigenvalue weighted by molar-refractivity contribution is 5.97. The lowest BCUT2D eigenvalue weighted by Crippen LogP contribution is -2.48. The Morgan fingerprint density at radius 3 is 2.29 bits per heavy atom. The highest BCUT2D eigenvalue weighted by Crippen LogP contribution is 2.29. The van der Waals surface area contributed by atoms with Crippen LogP contribution in [0.4, 0.5) is 20.2 Å². The van der Waals surface area contributed by atoms with Crippen LogP contribution in [0.2, 0.25) is 0 Å². The SMILES string of the molecule is Cc1cc(F)c(N2CCOCC2)cc1C(=O)N(C)CC1CN(c2ccc(C)c(C(=O)N(C)C)c2F)CCO1. The van der Waals surface area contributed by atoms with Crippen LogP contribution in [0.5, 0.6) is 0 Å². The van der Waals surface area contributed by atoms with Crippen molar-refractivity contribution >= 4 is 23.2 Å². The number of halogens is 2. The van der Waals surface area contributed by atoms with Crippen molar-refractivity contribution in [2.24, 2.45) is 0 Å². The molecule has 2 amide bonds. The third-order valence-corrected chi connectivity index (χ3v) is 7.13. The predicted octanol–water partition coefficient (Wildman–Crippen LogP) is 3.10. The van der Waals surface area contributed by atoms with Gasteiger partial charge in [0.15, 0.2) is 5.82 Å². The van der Waals surface area contributed by atoms with E-state index in [-0.39, 0.29) is 35.8 Å². The van der Waals surface area contributed by atoms with Gasteiger partial charge in [0.1, 0.15) is 5.82 Å². The molecule has 0 N–H and O–H groups in total. The van der Waals surface area contributed by atoms with Crippen LogP contribution in [0.1, 0.15) is 31.8 Å². The molecule has 2 aliphatic heterocycles. The molecule has 2 heterocycles.